The van der Waals surface area contributed by atoms with Crippen LogP contribution in [0.4, 0.5) is 5.69 Å². The van der Waals surface area contributed by atoms with Crippen molar-refractivity contribution < 1.29 is 14.3 Å². The lowest BCUT2D eigenvalue weighted by Gasteiger charge is -2.08. The number of amidine groups is 1. The standard InChI is InChI=1S/C19H20N4O3S2/c1-3-26-14-7-5-13(6-8-14)21-17(24)10-16-18(25)22-19(28-16)23-20-11-15-9-4-12(2)27-15/h4-9,11,16H,3,10H2,1-2H3,(H,21,24)(H,22,23,25). The van der Waals surface area contributed by atoms with Crippen LogP contribution in [0, 0.1) is 6.92 Å². The Morgan fingerprint density at radius 3 is 2.75 bits per heavy atom. The molecule has 0 bridgehead atoms. The average Bonchev–Trinajstić information content (AvgIpc) is 3.22. The Labute approximate surface area is 171 Å². The number of amides is 2. The Balaban J connectivity index is 1.51. The molecule has 0 aliphatic carbocycles. The van der Waals surface area contributed by atoms with Crippen LogP contribution in [0.25, 0.3) is 0 Å². The van der Waals surface area contributed by atoms with E-state index in [0.717, 1.165) is 10.6 Å². The van der Waals surface area contributed by atoms with Gasteiger partial charge in [-0.15, -0.1) is 16.4 Å². The third kappa shape index (κ3) is 5.67. The zero-order valence-electron chi connectivity index (χ0n) is 15.5. The summed E-state index contributed by atoms with van der Waals surface area (Å²) in [7, 11) is 0. The molecule has 1 aliphatic rings. The minimum absolute atomic E-state index is 0.0521. The van der Waals surface area contributed by atoms with E-state index < -0.39 is 5.25 Å². The van der Waals surface area contributed by atoms with Gasteiger partial charge in [0.15, 0.2) is 5.17 Å². The Bertz CT molecular complexity index is 906. The highest BCUT2D eigenvalue weighted by Gasteiger charge is 2.32. The van der Waals surface area contributed by atoms with E-state index in [1.807, 2.05) is 26.0 Å². The Morgan fingerprint density at radius 1 is 1.29 bits per heavy atom. The van der Waals surface area contributed by atoms with Crippen molar-refractivity contribution >= 4 is 52.0 Å². The summed E-state index contributed by atoms with van der Waals surface area (Å²) in [4.78, 5) is 26.5. The summed E-state index contributed by atoms with van der Waals surface area (Å²) in [5.41, 5.74) is 0.654. The smallest absolute Gasteiger partial charge is 0.240 e. The van der Waals surface area contributed by atoms with Crippen molar-refractivity contribution in [2.24, 2.45) is 10.2 Å². The molecular formula is C19H20N4O3S2. The first kappa shape index (κ1) is 20.1. The summed E-state index contributed by atoms with van der Waals surface area (Å²) in [6.07, 6.45) is 1.69. The largest absolute Gasteiger partial charge is 0.494 e. The van der Waals surface area contributed by atoms with E-state index in [2.05, 4.69) is 20.8 Å². The van der Waals surface area contributed by atoms with Gasteiger partial charge in [-0.25, -0.2) is 0 Å². The van der Waals surface area contributed by atoms with Crippen molar-refractivity contribution in [3.05, 3.63) is 46.2 Å². The second-order valence-electron chi connectivity index (χ2n) is 5.90. The number of carbonyl (C=O) groups excluding carboxylic acids is 2. The lowest BCUT2D eigenvalue weighted by Crippen LogP contribution is -2.28. The van der Waals surface area contributed by atoms with Crippen molar-refractivity contribution in [1.29, 1.82) is 0 Å². The lowest BCUT2D eigenvalue weighted by atomic mass is 10.2. The molecule has 28 heavy (non-hydrogen) atoms. The second-order valence-corrected chi connectivity index (χ2v) is 8.41. The predicted octanol–water partition coefficient (Wildman–Crippen LogP) is 3.41. The Kier molecular flexibility index (Phi) is 6.83. The summed E-state index contributed by atoms with van der Waals surface area (Å²) in [5.74, 6) is 0.258. The monoisotopic (exact) mass is 416 g/mol. The number of carbonyl (C=O) groups is 2. The minimum Gasteiger partial charge on any atom is -0.494 e. The van der Waals surface area contributed by atoms with E-state index in [4.69, 9.17) is 4.74 Å². The van der Waals surface area contributed by atoms with Crippen molar-refractivity contribution in [2.45, 2.75) is 25.5 Å². The number of rotatable bonds is 7. The van der Waals surface area contributed by atoms with Crippen molar-refractivity contribution in [1.82, 2.24) is 5.32 Å². The fourth-order valence-electron chi connectivity index (χ4n) is 2.43. The first-order valence-electron chi connectivity index (χ1n) is 8.71. The highest BCUT2D eigenvalue weighted by Crippen LogP contribution is 2.23. The predicted molar refractivity (Wildman–Crippen MR) is 114 cm³/mol. The van der Waals surface area contributed by atoms with Gasteiger partial charge in [0.1, 0.15) is 11.0 Å². The van der Waals surface area contributed by atoms with Crippen LogP contribution in [0.3, 0.4) is 0 Å². The molecule has 1 atom stereocenters. The normalized spacial score (nSPS) is 17.9. The Morgan fingerprint density at radius 2 is 2.07 bits per heavy atom. The number of thioether (sulfide) groups is 1. The number of nitrogens with zero attached hydrogens (tertiary/aromatic N) is 2. The molecule has 1 saturated heterocycles. The van der Waals surface area contributed by atoms with Crippen molar-refractivity contribution in [3.8, 4) is 5.75 Å². The third-order valence-corrected chi connectivity index (χ3v) is 5.70. The summed E-state index contributed by atoms with van der Waals surface area (Å²) in [6, 6.07) is 11.1. The van der Waals surface area contributed by atoms with Gasteiger partial charge in [-0.1, -0.05) is 11.8 Å². The van der Waals surface area contributed by atoms with Crippen LogP contribution in [-0.2, 0) is 9.59 Å². The molecular weight excluding hydrogens is 396 g/mol. The first-order valence-corrected chi connectivity index (χ1v) is 10.4. The number of anilines is 1. The average molecular weight is 417 g/mol. The summed E-state index contributed by atoms with van der Waals surface area (Å²) in [5, 5.41) is 13.3. The topological polar surface area (TPSA) is 92.2 Å². The van der Waals surface area contributed by atoms with Crippen LogP contribution in [0.5, 0.6) is 5.75 Å². The van der Waals surface area contributed by atoms with E-state index in [0.29, 0.717) is 17.5 Å². The van der Waals surface area contributed by atoms with E-state index >= 15 is 0 Å². The van der Waals surface area contributed by atoms with Gasteiger partial charge in [-0.05, 0) is 50.2 Å². The van der Waals surface area contributed by atoms with Gasteiger partial charge in [-0.2, -0.15) is 5.10 Å². The molecule has 3 rings (SSSR count). The number of ether oxygens (including phenoxy) is 1. The summed E-state index contributed by atoms with van der Waals surface area (Å²) < 4.78 is 5.37. The van der Waals surface area contributed by atoms with Crippen LogP contribution in [-0.4, -0.2) is 35.1 Å². The first-order chi connectivity index (χ1) is 13.5. The fraction of sp³-hybridized carbons (Fsp3) is 0.263. The van der Waals surface area contributed by atoms with Crippen molar-refractivity contribution in [3.63, 3.8) is 0 Å². The van der Waals surface area contributed by atoms with Crippen molar-refractivity contribution in [2.75, 3.05) is 11.9 Å². The van der Waals surface area contributed by atoms with E-state index in [1.165, 1.54) is 16.6 Å². The van der Waals surface area contributed by atoms with Gasteiger partial charge in [0.05, 0.1) is 12.8 Å². The molecule has 2 N–H and O–H groups in total. The second kappa shape index (κ2) is 9.52. The molecule has 146 valence electrons. The number of nitrogens with one attached hydrogen (secondary N) is 2. The molecule has 7 nitrogen and oxygen atoms in total. The zero-order chi connectivity index (χ0) is 19.9. The molecule has 9 heteroatoms. The van der Waals surface area contributed by atoms with Gasteiger partial charge < -0.3 is 15.4 Å². The maximum atomic E-state index is 12.2. The van der Waals surface area contributed by atoms with Crippen LogP contribution >= 0.6 is 23.1 Å². The fourth-order valence-corrected chi connectivity index (χ4v) is 4.10. The molecule has 2 aromatic rings. The molecule has 1 unspecified atom stereocenters. The third-order valence-electron chi connectivity index (χ3n) is 3.69. The highest BCUT2D eigenvalue weighted by atomic mass is 32.2. The molecule has 1 aliphatic heterocycles. The number of hydrogen-bond acceptors (Lipinski definition) is 7. The molecule has 0 spiro atoms. The highest BCUT2D eigenvalue weighted by molar-refractivity contribution is 8.15. The number of benzene rings is 1. The molecule has 2 amide bonds. The SMILES string of the molecule is CCOc1ccc(NC(=O)CC2SC(=NN=Cc3ccc(C)s3)NC2=O)cc1. The number of thiophene rings is 1. The van der Waals surface area contributed by atoms with E-state index in [1.54, 1.807) is 41.8 Å². The van der Waals surface area contributed by atoms with Gasteiger partial charge >= 0.3 is 0 Å². The zero-order valence-corrected chi connectivity index (χ0v) is 17.1. The van der Waals surface area contributed by atoms with Crippen LogP contribution in [0.1, 0.15) is 23.1 Å². The van der Waals surface area contributed by atoms with Crippen LogP contribution in [0.2, 0.25) is 0 Å². The molecule has 0 saturated carbocycles. The van der Waals surface area contributed by atoms with Gasteiger partial charge in [0.2, 0.25) is 11.8 Å². The molecule has 1 aromatic carbocycles. The molecule has 1 aromatic heterocycles. The quantitative estimate of drug-likeness (QED) is 0.534. The van der Waals surface area contributed by atoms with Gasteiger partial charge in [0, 0.05) is 21.9 Å². The lowest BCUT2D eigenvalue weighted by molar-refractivity contribution is -0.122. The molecule has 1 fully saturated rings. The minimum atomic E-state index is -0.527. The van der Waals surface area contributed by atoms with E-state index in [-0.39, 0.29) is 18.2 Å². The molecule has 2 heterocycles. The molecule has 0 radical (unpaired) electrons. The number of aryl methyl sites for hydroxylation is 1. The van der Waals surface area contributed by atoms with Crippen LogP contribution in [0.15, 0.2) is 46.6 Å². The van der Waals surface area contributed by atoms with Gasteiger partial charge in [-0.3, -0.25) is 9.59 Å². The van der Waals surface area contributed by atoms with E-state index in [9.17, 15) is 9.59 Å². The Hall–Kier alpha value is -2.65. The van der Waals surface area contributed by atoms with Gasteiger partial charge in [0.25, 0.3) is 0 Å². The summed E-state index contributed by atoms with van der Waals surface area (Å²) in [6.45, 7) is 4.51. The maximum Gasteiger partial charge on any atom is 0.240 e. The summed E-state index contributed by atoms with van der Waals surface area (Å²) >= 11 is 2.82. The number of hydrogen-bond donors (Lipinski definition) is 2. The van der Waals surface area contributed by atoms with Crippen LogP contribution < -0.4 is 15.4 Å². The maximum absolute atomic E-state index is 12.2.